The van der Waals surface area contributed by atoms with Crippen molar-refractivity contribution in [2.24, 2.45) is 5.92 Å². The number of anilines is 2. The predicted molar refractivity (Wildman–Crippen MR) is 113 cm³/mol. The van der Waals surface area contributed by atoms with Gasteiger partial charge in [0.2, 0.25) is 5.91 Å². The van der Waals surface area contributed by atoms with Crippen LogP contribution in [0.5, 0.6) is 0 Å². The summed E-state index contributed by atoms with van der Waals surface area (Å²) >= 11 is 6.02. The van der Waals surface area contributed by atoms with E-state index < -0.39 is 0 Å². The Hall–Kier alpha value is -2.38. The predicted octanol–water partition coefficient (Wildman–Crippen LogP) is 2.50. The Balaban J connectivity index is 1.33. The van der Waals surface area contributed by atoms with Crippen LogP contribution in [0.2, 0.25) is 5.02 Å². The zero-order valence-corrected chi connectivity index (χ0v) is 17.1. The van der Waals surface area contributed by atoms with E-state index in [-0.39, 0.29) is 11.8 Å². The fourth-order valence-electron chi connectivity index (χ4n) is 3.83. The zero-order valence-electron chi connectivity index (χ0n) is 16.4. The van der Waals surface area contributed by atoms with Gasteiger partial charge in [0.1, 0.15) is 0 Å². The second-order valence-corrected chi connectivity index (χ2v) is 7.92. The quantitative estimate of drug-likeness (QED) is 0.809. The molecule has 1 amide bonds. The van der Waals surface area contributed by atoms with Crippen LogP contribution in [-0.4, -0.2) is 55.5 Å². The lowest BCUT2D eigenvalue weighted by Gasteiger charge is -2.33. The summed E-state index contributed by atoms with van der Waals surface area (Å²) < 4.78 is 5.39. The lowest BCUT2D eigenvalue weighted by atomic mass is 9.97. The number of nitrogens with zero attached hydrogens (tertiary/aromatic N) is 4. The first kappa shape index (κ1) is 19.9. The fourth-order valence-corrected chi connectivity index (χ4v) is 4.04. The molecule has 0 spiro atoms. The minimum atomic E-state index is -0.0522. The molecule has 0 radical (unpaired) electrons. The first-order chi connectivity index (χ1) is 14.2. The van der Waals surface area contributed by atoms with Crippen LogP contribution in [0.1, 0.15) is 18.4 Å². The van der Waals surface area contributed by atoms with Crippen LogP contribution in [0.4, 0.5) is 11.6 Å². The highest BCUT2D eigenvalue weighted by Gasteiger charge is 2.26. The van der Waals surface area contributed by atoms with Crippen LogP contribution >= 0.6 is 11.6 Å². The van der Waals surface area contributed by atoms with Crippen LogP contribution in [0.3, 0.4) is 0 Å². The minimum absolute atomic E-state index is 0.0522. The highest BCUT2D eigenvalue weighted by molar-refractivity contribution is 6.30. The molecule has 1 aromatic carbocycles. The summed E-state index contributed by atoms with van der Waals surface area (Å²) in [5.74, 6) is 1.73. The third-order valence-corrected chi connectivity index (χ3v) is 5.68. The van der Waals surface area contributed by atoms with Crippen LogP contribution in [-0.2, 0) is 16.1 Å². The molecule has 154 valence electrons. The average molecular weight is 416 g/mol. The molecule has 1 N–H and O–H groups in total. The van der Waals surface area contributed by atoms with Crippen molar-refractivity contribution in [2.45, 2.75) is 19.4 Å². The van der Waals surface area contributed by atoms with Gasteiger partial charge in [-0.3, -0.25) is 4.79 Å². The van der Waals surface area contributed by atoms with Gasteiger partial charge in [-0.25, -0.2) is 0 Å². The van der Waals surface area contributed by atoms with Gasteiger partial charge in [-0.1, -0.05) is 23.7 Å². The van der Waals surface area contributed by atoms with E-state index in [1.165, 1.54) is 0 Å². The molecular formula is C21H26ClN5O2. The Morgan fingerprint density at radius 1 is 1.10 bits per heavy atom. The Labute approximate surface area is 176 Å². The van der Waals surface area contributed by atoms with E-state index in [4.69, 9.17) is 16.3 Å². The van der Waals surface area contributed by atoms with Crippen LogP contribution < -0.4 is 15.1 Å². The van der Waals surface area contributed by atoms with Crippen molar-refractivity contribution in [2.75, 3.05) is 49.2 Å². The van der Waals surface area contributed by atoms with Gasteiger partial charge in [0.25, 0.3) is 0 Å². The van der Waals surface area contributed by atoms with E-state index in [0.717, 1.165) is 62.9 Å². The average Bonchev–Trinajstić information content (AvgIpc) is 2.78. The number of halogens is 1. The summed E-state index contributed by atoms with van der Waals surface area (Å²) in [5.41, 5.74) is 1.00. The lowest BCUT2D eigenvalue weighted by molar-refractivity contribution is -0.125. The Morgan fingerprint density at radius 3 is 2.59 bits per heavy atom. The van der Waals surface area contributed by atoms with E-state index in [2.05, 4.69) is 25.3 Å². The van der Waals surface area contributed by atoms with Crippen molar-refractivity contribution >= 4 is 29.1 Å². The maximum absolute atomic E-state index is 12.7. The van der Waals surface area contributed by atoms with Gasteiger partial charge in [0, 0.05) is 37.7 Å². The lowest BCUT2D eigenvalue weighted by Crippen LogP contribution is -2.43. The first-order valence-corrected chi connectivity index (χ1v) is 10.5. The van der Waals surface area contributed by atoms with Gasteiger partial charge >= 0.3 is 0 Å². The van der Waals surface area contributed by atoms with Crippen LogP contribution in [0.15, 0.2) is 36.4 Å². The number of hydrogen-bond donors (Lipinski definition) is 1. The van der Waals surface area contributed by atoms with E-state index in [9.17, 15) is 4.79 Å². The van der Waals surface area contributed by atoms with Gasteiger partial charge in [-0.2, -0.15) is 0 Å². The Bertz CT molecular complexity index is 826. The van der Waals surface area contributed by atoms with Gasteiger partial charge in [-0.15, -0.1) is 10.2 Å². The normalized spacial score (nSPS) is 19.8. The van der Waals surface area contributed by atoms with Gasteiger partial charge < -0.3 is 19.9 Å². The smallest absolute Gasteiger partial charge is 0.225 e. The fraction of sp³-hybridized carbons (Fsp3) is 0.476. The molecule has 0 saturated carbocycles. The molecule has 2 fully saturated rings. The van der Waals surface area contributed by atoms with Crippen molar-refractivity contribution in [3.05, 3.63) is 47.0 Å². The summed E-state index contributed by atoms with van der Waals surface area (Å²) in [6.45, 7) is 5.17. The molecule has 0 bridgehead atoms. The number of piperidine rings is 1. The number of rotatable bonds is 5. The summed E-state index contributed by atoms with van der Waals surface area (Å²) in [4.78, 5) is 17.0. The molecular weight excluding hydrogens is 390 g/mol. The number of aromatic nitrogens is 2. The van der Waals surface area contributed by atoms with E-state index in [1.54, 1.807) is 0 Å². The standard InChI is InChI=1S/C21H26ClN5O2/c22-18-5-1-3-16(13-18)14-23-21(28)17-4-2-8-27(15-17)20-7-6-19(24-25-20)26-9-11-29-12-10-26/h1,3,5-7,13,17H,2,4,8-12,14-15H2,(H,23,28)/t17-/m1/s1. The molecule has 2 aliphatic rings. The highest BCUT2D eigenvalue weighted by Crippen LogP contribution is 2.23. The molecule has 0 unspecified atom stereocenters. The molecule has 2 saturated heterocycles. The molecule has 7 nitrogen and oxygen atoms in total. The molecule has 8 heteroatoms. The van der Waals surface area contributed by atoms with Gasteiger partial charge in [0.15, 0.2) is 11.6 Å². The topological polar surface area (TPSA) is 70.6 Å². The number of carbonyl (C=O) groups is 1. The third kappa shape index (κ3) is 5.16. The molecule has 3 heterocycles. The number of ether oxygens (including phenoxy) is 1. The number of nitrogens with one attached hydrogen (secondary N) is 1. The van der Waals surface area contributed by atoms with Gasteiger partial charge in [-0.05, 0) is 42.7 Å². The summed E-state index contributed by atoms with van der Waals surface area (Å²) in [6.07, 6.45) is 1.85. The van der Waals surface area contributed by atoms with E-state index in [1.807, 2.05) is 36.4 Å². The zero-order chi connectivity index (χ0) is 20.1. The second-order valence-electron chi connectivity index (χ2n) is 7.48. The summed E-state index contributed by atoms with van der Waals surface area (Å²) in [6, 6.07) is 11.6. The second kappa shape index (κ2) is 9.41. The number of benzene rings is 1. The maximum Gasteiger partial charge on any atom is 0.225 e. The maximum atomic E-state index is 12.7. The van der Waals surface area contributed by atoms with Crippen molar-refractivity contribution in [1.29, 1.82) is 0 Å². The summed E-state index contributed by atoms with van der Waals surface area (Å²) in [7, 11) is 0. The van der Waals surface area contributed by atoms with Crippen LogP contribution in [0, 0.1) is 5.92 Å². The molecule has 2 aromatic rings. The first-order valence-electron chi connectivity index (χ1n) is 10.1. The van der Waals surface area contributed by atoms with E-state index >= 15 is 0 Å². The molecule has 1 atom stereocenters. The number of morpholine rings is 1. The van der Waals surface area contributed by atoms with Crippen LogP contribution in [0.25, 0.3) is 0 Å². The summed E-state index contributed by atoms with van der Waals surface area (Å²) in [5, 5.41) is 12.5. The number of amides is 1. The van der Waals surface area contributed by atoms with Gasteiger partial charge in [0.05, 0.1) is 19.1 Å². The Morgan fingerprint density at radius 2 is 1.86 bits per heavy atom. The monoisotopic (exact) mass is 415 g/mol. The van der Waals surface area contributed by atoms with Crippen molar-refractivity contribution in [1.82, 2.24) is 15.5 Å². The Kier molecular flexibility index (Phi) is 6.46. The minimum Gasteiger partial charge on any atom is -0.378 e. The highest BCUT2D eigenvalue weighted by atomic mass is 35.5. The molecule has 2 aliphatic heterocycles. The molecule has 0 aliphatic carbocycles. The molecule has 1 aromatic heterocycles. The molecule has 29 heavy (non-hydrogen) atoms. The SMILES string of the molecule is O=C(NCc1cccc(Cl)c1)[C@@H]1CCCN(c2ccc(N3CCOCC3)nn2)C1. The van der Waals surface area contributed by atoms with Crippen molar-refractivity contribution in [3.63, 3.8) is 0 Å². The number of carbonyl (C=O) groups excluding carboxylic acids is 1. The third-order valence-electron chi connectivity index (χ3n) is 5.44. The van der Waals surface area contributed by atoms with Crippen molar-refractivity contribution in [3.8, 4) is 0 Å². The number of hydrogen-bond acceptors (Lipinski definition) is 6. The molecule has 4 rings (SSSR count). The largest absolute Gasteiger partial charge is 0.378 e. The van der Waals surface area contributed by atoms with E-state index in [0.29, 0.717) is 18.1 Å². The van der Waals surface area contributed by atoms with Crippen molar-refractivity contribution < 1.29 is 9.53 Å².